The quantitative estimate of drug-likeness (QED) is 0.472. The van der Waals surface area contributed by atoms with Gasteiger partial charge >= 0.3 is 0 Å². The first kappa shape index (κ1) is 19.5. The van der Waals surface area contributed by atoms with Crippen LogP contribution in [0.5, 0.6) is 0 Å². The smallest absolute Gasteiger partial charge is 0.251 e. The zero-order chi connectivity index (χ0) is 20.1. The zero-order valence-corrected chi connectivity index (χ0v) is 16.5. The molecular formula is C23H20ClN3O. The van der Waals surface area contributed by atoms with Crippen LogP contribution in [0.4, 0.5) is 5.69 Å². The lowest BCUT2D eigenvalue weighted by molar-refractivity contribution is -0.114. The van der Waals surface area contributed by atoms with Crippen molar-refractivity contribution >= 4 is 29.3 Å². The first-order chi connectivity index (χ1) is 13.5. The number of rotatable bonds is 5. The Bertz CT molecular complexity index is 1060. The molecule has 0 unspecified atom stereocenters. The van der Waals surface area contributed by atoms with E-state index in [9.17, 15) is 4.79 Å². The maximum absolute atomic E-state index is 13.1. The van der Waals surface area contributed by atoms with E-state index in [-0.39, 0.29) is 5.91 Å². The highest BCUT2D eigenvalue weighted by Gasteiger charge is 2.15. The number of anilines is 1. The average Bonchev–Trinajstić information content (AvgIpc) is 2.96. The van der Waals surface area contributed by atoms with Crippen molar-refractivity contribution in [2.24, 2.45) is 7.05 Å². The van der Waals surface area contributed by atoms with Crippen LogP contribution in [0.15, 0.2) is 60.7 Å². The van der Waals surface area contributed by atoms with Gasteiger partial charge in [-0.3, -0.25) is 9.48 Å². The number of terminal acetylenes is 1. The Labute approximate surface area is 170 Å². The second-order valence-corrected chi connectivity index (χ2v) is 6.71. The summed E-state index contributed by atoms with van der Waals surface area (Å²) in [4.78, 5) is 14.8. The zero-order valence-electron chi connectivity index (χ0n) is 15.8. The number of aryl methyl sites for hydroxylation is 2. The predicted molar refractivity (Wildman–Crippen MR) is 114 cm³/mol. The van der Waals surface area contributed by atoms with Crippen molar-refractivity contribution in [1.29, 1.82) is 0 Å². The van der Waals surface area contributed by atoms with Gasteiger partial charge in [0, 0.05) is 29.9 Å². The summed E-state index contributed by atoms with van der Waals surface area (Å²) in [5.41, 5.74) is 3.97. The highest BCUT2D eigenvalue weighted by molar-refractivity contribution is 6.31. The molecule has 0 fully saturated rings. The van der Waals surface area contributed by atoms with Gasteiger partial charge in [0.1, 0.15) is 5.15 Å². The van der Waals surface area contributed by atoms with Gasteiger partial charge in [-0.1, -0.05) is 53.9 Å². The van der Waals surface area contributed by atoms with Crippen LogP contribution in [-0.4, -0.2) is 15.7 Å². The minimum absolute atomic E-state index is 0.169. The van der Waals surface area contributed by atoms with Crippen LogP contribution in [0.3, 0.4) is 0 Å². The van der Waals surface area contributed by atoms with Gasteiger partial charge < -0.3 is 4.90 Å². The molecule has 0 saturated heterocycles. The number of benzene rings is 2. The number of carbonyl (C=O) groups excluding carboxylic acids is 1. The maximum atomic E-state index is 13.1. The molecule has 1 heterocycles. The van der Waals surface area contributed by atoms with E-state index in [0.717, 1.165) is 28.1 Å². The average molecular weight is 390 g/mol. The number of nitrogens with zero attached hydrogens (tertiary/aromatic N) is 3. The van der Waals surface area contributed by atoms with Gasteiger partial charge in [0.2, 0.25) is 0 Å². The molecule has 1 aromatic heterocycles. The summed E-state index contributed by atoms with van der Waals surface area (Å²) < 4.78 is 1.58. The number of hydrogen-bond donors (Lipinski definition) is 0. The summed E-state index contributed by atoms with van der Waals surface area (Å²) in [6, 6.07) is 17.2. The van der Waals surface area contributed by atoms with Crippen LogP contribution in [-0.2, 0) is 18.4 Å². The fourth-order valence-corrected chi connectivity index (χ4v) is 3.14. The Morgan fingerprint density at radius 1 is 1.25 bits per heavy atom. The summed E-state index contributed by atoms with van der Waals surface area (Å²) >= 11 is 6.27. The standard InChI is InChI=1S/C23H20ClN3O/c1-4-18-11-8-12-20(15-18)27(16-19-9-6-5-7-10-19)22(28)14-13-21-17(2)25-26(3)23(21)24/h1,5-15H,16H2,2-3H3/b14-13+. The van der Waals surface area contributed by atoms with E-state index in [1.165, 1.54) is 6.08 Å². The van der Waals surface area contributed by atoms with Crippen molar-refractivity contribution in [3.8, 4) is 12.3 Å². The molecule has 0 aliphatic carbocycles. The fraction of sp³-hybridized carbons (Fsp3) is 0.130. The highest BCUT2D eigenvalue weighted by atomic mass is 35.5. The molecule has 2 aromatic carbocycles. The molecule has 0 atom stereocenters. The lowest BCUT2D eigenvalue weighted by Crippen LogP contribution is -2.28. The molecule has 0 saturated carbocycles. The van der Waals surface area contributed by atoms with E-state index >= 15 is 0 Å². The van der Waals surface area contributed by atoms with Crippen LogP contribution in [0, 0.1) is 19.3 Å². The van der Waals surface area contributed by atoms with Crippen molar-refractivity contribution < 1.29 is 4.79 Å². The van der Waals surface area contributed by atoms with E-state index in [4.69, 9.17) is 18.0 Å². The summed E-state index contributed by atoms with van der Waals surface area (Å²) in [7, 11) is 1.77. The molecule has 4 nitrogen and oxygen atoms in total. The minimum Gasteiger partial charge on any atom is -0.304 e. The third kappa shape index (κ3) is 4.33. The largest absolute Gasteiger partial charge is 0.304 e. The van der Waals surface area contributed by atoms with Crippen molar-refractivity contribution in [3.05, 3.63) is 88.2 Å². The van der Waals surface area contributed by atoms with Crippen molar-refractivity contribution in [2.75, 3.05) is 4.90 Å². The Morgan fingerprint density at radius 3 is 2.64 bits per heavy atom. The Hall–Kier alpha value is -3.29. The SMILES string of the molecule is C#Cc1cccc(N(Cc2ccccc2)C(=O)/C=C/c2c(C)nn(C)c2Cl)c1. The van der Waals surface area contributed by atoms with Gasteiger partial charge in [0.15, 0.2) is 0 Å². The molecule has 5 heteroatoms. The topological polar surface area (TPSA) is 38.1 Å². The third-order valence-corrected chi connectivity index (χ3v) is 4.81. The molecule has 1 amide bonds. The minimum atomic E-state index is -0.169. The van der Waals surface area contributed by atoms with Gasteiger partial charge in [-0.2, -0.15) is 5.10 Å². The van der Waals surface area contributed by atoms with Crippen molar-refractivity contribution in [3.63, 3.8) is 0 Å². The van der Waals surface area contributed by atoms with E-state index in [0.29, 0.717) is 11.7 Å². The molecule has 28 heavy (non-hydrogen) atoms. The summed E-state index contributed by atoms with van der Waals surface area (Å²) in [5, 5.41) is 4.76. The lowest BCUT2D eigenvalue weighted by Gasteiger charge is -2.22. The van der Waals surface area contributed by atoms with E-state index < -0.39 is 0 Å². The number of halogens is 1. The molecule has 3 rings (SSSR count). The van der Waals surface area contributed by atoms with Gasteiger partial charge in [-0.25, -0.2) is 0 Å². The Balaban J connectivity index is 1.94. The highest BCUT2D eigenvalue weighted by Crippen LogP contribution is 2.22. The summed E-state index contributed by atoms with van der Waals surface area (Å²) in [6.07, 6.45) is 8.75. The fourth-order valence-electron chi connectivity index (χ4n) is 2.91. The first-order valence-electron chi connectivity index (χ1n) is 8.79. The summed E-state index contributed by atoms with van der Waals surface area (Å²) in [6.45, 7) is 2.28. The molecule has 3 aromatic rings. The predicted octanol–water partition coefficient (Wildman–Crippen LogP) is 4.61. The van der Waals surface area contributed by atoms with Crippen LogP contribution in [0.2, 0.25) is 5.15 Å². The number of amides is 1. The lowest BCUT2D eigenvalue weighted by atomic mass is 10.1. The van der Waals surface area contributed by atoms with E-state index in [1.807, 2.05) is 61.5 Å². The first-order valence-corrected chi connectivity index (χ1v) is 9.16. The van der Waals surface area contributed by atoms with Gasteiger partial charge in [0.25, 0.3) is 5.91 Å². The van der Waals surface area contributed by atoms with Gasteiger partial charge in [-0.05, 0) is 36.8 Å². The second-order valence-electron chi connectivity index (χ2n) is 6.35. The molecule has 0 aliphatic heterocycles. The van der Waals surface area contributed by atoms with E-state index in [1.54, 1.807) is 22.7 Å². The Kier molecular flexibility index (Phi) is 5.98. The van der Waals surface area contributed by atoms with Gasteiger partial charge in [-0.15, -0.1) is 6.42 Å². The number of aromatic nitrogens is 2. The second kappa shape index (κ2) is 8.60. The maximum Gasteiger partial charge on any atom is 0.251 e. The molecule has 0 bridgehead atoms. The molecule has 140 valence electrons. The molecule has 0 N–H and O–H groups in total. The number of carbonyl (C=O) groups is 1. The molecular weight excluding hydrogens is 370 g/mol. The van der Waals surface area contributed by atoms with Crippen LogP contribution in [0.25, 0.3) is 6.08 Å². The van der Waals surface area contributed by atoms with Crippen molar-refractivity contribution in [2.45, 2.75) is 13.5 Å². The molecule has 0 spiro atoms. The monoisotopic (exact) mass is 389 g/mol. The van der Waals surface area contributed by atoms with Crippen molar-refractivity contribution in [1.82, 2.24) is 9.78 Å². The van der Waals surface area contributed by atoms with Crippen LogP contribution in [0.1, 0.15) is 22.4 Å². The van der Waals surface area contributed by atoms with Crippen LogP contribution < -0.4 is 4.90 Å². The van der Waals surface area contributed by atoms with Crippen LogP contribution >= 0.6 is 11.6 Å². The molecule has 0 radical (unpaired) electrons. The van der Waals surface area contributed by atoms with Gasteiger partial charge in [0.05, 0.1) is 12.2 Å². The Morgan fingerprint density at radius 2 is 2.00 bits per heavy atom. The normalized spacial score (nSPS) is 10.8. The molecule has 0 aliphatic rings. The third-order valence-electron chi connectivity index (χ3n) is 4.36. The summed E-state index contributed by atoms with van der Waals surface area (Å²) in [5.74, 6) is 2.45. The number of hydrogen-bond acceptors (Lipinski definition) is 2. The van der Waals surface area contributed by atoms with E-state index in [2.05, 4.69) is 11.0 Å².